The topological polar surface area (TPSA) is 45.2 Å². The largest absolute Gasteiger partial charge is 0.330 e. The number of carbonyl (C=O) groups is 1. The van der Waals surface area contributed by atoms with Crippen LogP contribution in [-0.2, 0) is 4.79 Å². The number of aryl methyl sites for hydroxylation is 1. The minimum absolute atomic E-state index is 0.0812. The van der Waals surface area contributed by atoms with Crippen LogP contribution in [0.15, 0.2) is 5.51 Å². The smallest absolute Gasteiger partial charge is 0.232 e. The quantitative estimate of drug-likeness (QED) is 0.854. The molecule has 4 nitrogen and oxygen atoms in total. The van der Waals surface area contributed by atoms with E-state index in [1.807, 2.05) is 5.51 Å². The molecule has 3 fully saturated rings. The van der Waals surface area contributed by atoms with Crippen LogP contribution >= 0.6 is 11.3 Å². The first-order chi connectivity index (χ1) is 10.2. The Bertz CT molecular complexity index is 543. The summed E-state index contributed by atoms with van der Waals surface area (Å²) in [5.41, 5.74) is 2.99. The number of thiazole rings is 1. The van der Waals surface area contributed by atoms with Gasteiger partial charge in [-0.15, -0.1) is 11.3 Å². The number of likely N-dealkylation sites (tertiary alicyclic amines) is 1. The molecular weight excluding hydrogens is 282 g/mol. The van der Waals surface area contributed by atoms with Crippen molar-refractivity contribution in [3.8, 4) is 0 Å². The molecule has 1 amide bonds. The number of rotatable bonds is 2. The van der Waals surface area contributed by atoms with Crippen LogP contribution in [0.1, 0.15) is 55.1 Å². The zero-order valence-corrected chi connectivity index (χ0v) is 13.4. The highest BCUT2D eigenvalue weighted by atomic mass is 32.1. The van der Waals surface area contributed by atoms with Crippen LogP contribution in [0.4, 0.5) is 0 Å². The fraction of sp³-hybridized carbons (Fsp3) is 0.750. The lowest BCUT2D eigenvalue weighted by Gasteiger charge is -2.58. The highest BCUT2D eigenvalue weighted by Gasteiger charge is 2.63. The summed E-state index contributed by atoms with van der Waals surface area (Å²) in [6.07, 6.45) is 6.76. The number of amides is 1. The molecule has 114 valence electrons. The second-order valence-corrected chi connectivity index (χ2v) is 7.65. The van der Waals surface area contributed by atoms with Gasteiger partial charge in [-0.3, -0.25) is 4.79 Å². The summed E-state index contributed by atoms with van der Waals surface area (Å²) in [7, 11) is 0. The van der Waals surface area contributed by atoms with Crippen LogP contribution in [0.3, 0.4) is 0 Å². The van der Waals surface area contributed by atoms with Crippen molar-refractivity contribution in [1.82, 2.24) is 15.2 Å². The number of aromatic nitrogens is 1. The molecule has 0 radical (unpaired) electrons. The van der Waals surface area contributed by atoms with Gasteiger partial charge in [0, 0.05) is 6.04 Å². The Morgan fingerprint density at radius 2 is 2.05 bits per heavy atom. The maximum Gasteiger partial charge on any atom is 0.232 e. The molecule has 1 aliphatic carbocycles. The lowest BCUT2D eigenvalue weighted by Crippen LogP contribution is -2.66. The number of hydrogen-bond acceptors (Lipinski definition) is 4. The van der Waals surface area contributed by atoms with Crippen molar-refractivity contribution < 1.29 is 4.79 Å². The summed E-state index contributed by atoms with van der Waals surface area (Å²) in [6, 6.07) is 0.736. The second-order valence-electron chi connectivity index (χ2n) is 6.76. The van der Waals surface area contributed by atoms with E-state index in [1.165, 1.54) is 17.7 Å². The third-order valence-corrected chi connectivity index (χ3v) is 6.67. The minimum Gasteiger partial charge on any atom is -0.330 e. The number of carbonyl (C=O) groups excluding carboxylic acids is 1. The van der Waals surface area contributed by atoms with Crippen molar-refractivity contribution in [2.45, 2.75) is 57.5 Å². The molecule has 0 aromatic carbocycles. The van der Waals surface area contributed by atoms with Crippen LogP contribution in [0, 0.1) is 12.3 Å². The number of hydrogen-bond donors (Lipinski definition) is 1. The fourth-order valence-electron chi connectivity index (χ4n) is 4.60. The Hall–Kier alpha value is -0.940. The molecule has 1 spiro atoms. The number of nitrogens with zero attached hydrogens (tertiary/aromatic N) is 2. The van der Waals surface area contributed by atoms with Crippen LogP contribution in [0.2, 0.25) is 0 Å². The van der Waals surface area contributed by atoms with Gasteiger partial charge in [-0.2, -0.15) is 0 Å². The summed E-state index contributed by atoms with van der Waals surface area (Å²) in [6.45, 7) is 4.17. The molecule has 5 heteroatoms. The molecule has 2 aliphatic heterocycles. The van der Waals surface area contributed by atoms with Crippen molar-refractivity contribution in [2.24, 2.45) is 5.41 Å². The molecule has 1 aromatic rings. The van der Waals surface area contributed by atoms with Crippen LogP contribution in [0.5, 0.6) is 0 Å². The van der Waals surface area contributed by atoms with Crippen LogP contribution in [-0.4, -0.2) is 34.9 Å². The zero-order valence-electron chi connectivity index (χ0n) is 12.6. The Labute approximate surface area is 129 Å². The Balaban J connectivity index is 1.69. The van der Waals surface area contributed by atoms with E-state index < -0.39 is 0 Å². The van der Waals surface area contributed by atoms with Crippen molar-refractivity contribution in [3.63, 3.8) is 0 Å². The summed E-state index contributed by atoms with van der Waals surface area (Å²) in [5.74, 6) is 0.435. The monoisotopic (exact) mass is 305 g/mol. The van der Waals surface area contributed by atoms with E-state index in [4.69, 9.17) is 0 Å². The number of nitrogens with one attached hydrogen (secondary N) is 1. The van der Waals surface area contributed by atoms with Gasteiger partial charge < -0.3 is 10.2 Å². The molecule has 2 saturated heterocycles. The molecule has 3 heterocycles. The first kappa shape index (κ1) is 13.7. The molecule has 1 atom stereocenters. The molecule has 1 aromatic heterocycles. The molecule has 0 bridgehead atoms. The lowest BCUT2D eigenvalue weighted by atomic mass is 9.67. The summed E-state index contributed by atoms with van der Waals surface area (Å²) < 4.78 is 0. The zero-order chi connectivity index (χ0) is 14.4. The molecule has 1 N–H and O–H groups in total. The predicted molar refractivity (Wildman–Crippen MR) is 83.2 cm³/mol. The summed E-state index contributed by atoms with van der Waals surface area (Å²) in [4.78, 5) is 21.0. The predicted octanol–water partition coefficient (Wildman–Crippen LogP) is 2.65. The van der Waals surface area contributed by atoms with E-state index in [2.05, 4.69) is 22.1 Å². The van der Waals surface area contributed by atoms with E-state index in [0.717, 1.165) is 44.5 Å². The maximum absolute atomic E-state index is 13.0. The standard InChI is InChI=1S/C16H23N3OS/c1-11-13(21-10-18-11)14-16(6-2-3-7-16)15(20)19(14)12-4-8-17-9-5-12/h10,12,14,17H,2-9H2,1H3/t14-/m0/s1. The van der Waals surface area contributed by atoms with Gasteiger partial charge >= 0.3 is 0 Å². The van der Waals surface area contributed by atoms with Crippen molar-refractivity contribution >= 4 is 17.2 Å². The molecule has 4 rings (SSSR count). The summed E-state index contributed by atoms with van der Waals surface area (Å²) in [5, 5.41) is 3.41. The number of β-lactam (4-membered cyclic amide) rings is 1. The van der Waals surface area contributed by atoms with Crippen molar-refractivity contribution in [2.75, 3.05) is 13.1 Å². The highest BCUT2D eigenvalue weighted by Crippen LogP contribution is 2.61. The number of piperidine rings is 1. The Morgan fingerprint density at radius 3 is 2.67 bits per heavy atom. The van der Waals surface area contributed by atoms with Gasteiger partial charge in [0.15, 0.2) is 0 Å². The lowest BCUT2D eigenvalue weighted by molar-refractivity contribution is -0.179. The third-order valence-electron chi connectivity index (χ3n) is 5.69. The maximum atomic E-state index is 13.0. The van der Waals surface area contributed by atoms with Gasteiger partial charge in [-0.05, 0) is 45.7 Å². The van der Waals surface area contributed by atoms with Crippen LogP contribution in [0.25, 0.3) is 0 Å². The Morgan fingerprint density at radius 1 is 1.33 bits per heavy atom. The third kappa shape index (κ3) is 1.90. The van der Waals surface area contributed by atoms with Gasteiger partial charge in [0.05, 0.1) is 27.5 Å². The van der Waals surface area contributed by atoms with Gasteiger partial charge in [0.2, 0.25) is 5.91 Å². The van der Waals surface area contributed by atoms with Gasteiger partial charge in [0.25, 0.3) is 0 Å². The normalized spacial score (nSPS) is 29.1. The SMILES string of the molecule is Cc1ncsc1[C@@H]1N(C2CCNCC2)C(=O)C12CCCC2. The van der Waals surface area contributed by atoms with Crippen molar-refractivity contribution in [3.05, 3.63) is 16.1 Å². The van der Waals surface area contributed by atoms with E-state index >= 15 is 0 Å². The second kappa shape index (κ2) is 5.06. The Kier molecular flexibility index (Phi) is 3.30. The molecule has 21 heavy (non-hydrogen) atoms. The minimum atomic E-state index is -0.0812. The van der Waals surface area contributed by atoms with E-state index in [0.29, 0.717) is 18.0 Å². The first-order valence-corrected chi connectivity index (χ1v) is 9.05. The average molecular weight is 305 g/mol. The first-order valence-electron chi connectivity index (χ1n) is 8.17. The van der Waals surface area contributed by atoms with Crippen molar-refractivity contribution in [1.29, 1.82) is 0 Å². The molecule has 1 saturated carbocycles. The van der Waals surface area contributed by atoms with E-state index in [9.17, 15) is 4.79 Å². The summed E-state index contributed by atoms with van der Waals surface area (Å²) >= 11 is 1.74. The highest BCUT2D eigenvalue weighted by molar-refractivity contribution is 7.09. The van der Waals surface area contributed by atoms with E-state index in [1.54, 1.807) is 11.3 Å². The molecule has 3 aliphatic rings. The van der Waals surface area contributed by atoms with Gasteiger partial charge in [0.1, 0.15) is 0 Å². The molecular formula is C16H23N3OS. The average Bonchev–Trinajstić information content (AvgIpc) is 3.15. The molecule has 0 unspecified atom stereocenters. The van der Waals surface area contributed by atoms with Gasteiger partial charge in [-0.25, -0.2) is 4.98 Å². The van der Waals surface area contributed by atoms with Crippen LogP contribution < -0.4 is 5.32 Å². The van der Waals surface area contributed by atoms with Gasteiger partial charge in [-0.1, -0.05) is 12.8 Å². The van der Waals surface area contributed by atoms with E-state index in [-0.39, 0.29) is 5.41 Å². The fourth-order valence-corrected chi connectivity index (χ4v) is 5.61.